The van der Waals surface area contributed by atoms with Crippen molar-refractivity contribution < 1.29 is 19.7 Å². The first-order valence-corrected chi connectivity index (χ1v) is 11.9. The van der Waals surface area contributed by atoms with Crippen LogP contribution in [-0.2, 0) is 4.74 Å². The molecule has 0 radical (unpaired) electrons. The summed E-state index contributed by atoms with van der Waals surface area (Å²) in [5, 5.41) is 23.6. The number of rotatable bonds is 5. The highest BCUT2D eigenvalue weighted by Gasteiger charge is 2.55. The number of nitrogens with zero attached hydrogens (tertiary/aromatic N) is 3. The number of aliphatic hydroxyl groups excluding tert-OH is 1. The summed E-state index contributed by atoms with van der Waals surface area (Å²) in [6.45, 7) is 1.75. The summed E-state index contributed by atoms with van der Waals surface area (Å²) in [7, 11) is 0. The van der Waals surface area contributed by atoms with Crippen LogP contribution >= 0.6 is 0 Å². The Morgan fingerprint density at radius 1 is 1.26 bits per heavy atom. The fourth-order valence-corrected chi connectivity index (χ4v) is 6.84. The Morgan fingerprint density at radius 3 is 2.71 bits per heavy atom. The second-order valence-electron chi connectivity index (χ2n) is 10.6. The lowest BCUT2D eigenvalue weighted by Crippen LogP contribution is -2.61. The van der Waals surface area contributed by atoms with E-state index in [0.29, 0.717) is 54.9 Å². The van der Waals surface area contributed by atoms with Crippen molar-refractivity contribution in [3.63, 3.8) is 0 Å². The van der Waals surface area contributed by atoms with Crippen LogP contribution in [0, 0.1) is 17.8 Å². The van der Waals surface area contributed by atoms with E-state index < -0.39 is 5.60 Å². The first kappa shape index (κ1) is 19.9. The molecule has 5 aliphatic carbocycles. The highest BCUT2D eigenvalue weighted by Crippen LogP contribution is 2.55. The van der Waals surface area contributed by atoms with Crippen LogP contribution in [0.2, 0.25) is 0 Å². The van der Waals surface area contributed by atoms with Crippen LogP contribution in [-0.4, -0.2) is 70.1 Å². The van der Waals surface area contributed by atoms with Gasteiger partial charge in [-0.05, 0) is 62.7 Å². The lowest BCUT2D eigenvalue weighted by atomic mass is 9.52. The number of anilines is 1. The Morgan fingerprint density at radius 2 is 2.03 bits per heavy atom. The number of hydrogen-bond acceptors (Lipinski definition) is 7. The number of hydrogen-bond donors (Lipinski definition) is 3. The number of morpholine rings is 1. The second kappa shape index (κ2) is 7.39. The van der Waals surface area contributed by atoms with Gasteiger partial charge in [0.1, 0.15) is 0 Å². The SMILES string of the molecule is O=C(NC1C2CC3CC1CC(O)(C3)C2)c1cnc(N2CCOC(CO)C2)nc1C1CC1. The minimum atomic E-state index is -0.494. The molecule has 1 amide bonds. The van der Waals surface area contributed by atoms with Crippen LogP contribution in [0.25, 0.3) is 0 Å². The van der Waals surface area contributed by atoms with Gasteiger partial charge in [-0.15, -0.1) is 0 Å². The van der Waals surface area contributed by atoms with E-state index in [-0.39, 0.29) is 24.7 Å². The van der Waals surface area contributed by atoms with Crippen LogP contribution in [0.5, 0.6) is 0 Å². The summed E-state index contributed by atoms with van der Waals surface area (Å²) in [6, 6.07) is 0.153. The van der Waals surface area contributed by atoms with Crippen molar-refractivity contribution in [3.05, 3.63) is 17.5 Å². The molecular formula is C23H32N4O4. The van der Waals surface area contributed by atoms with E-state index in [1.807, 2.05) is 4.90 Å². The minimum Gasteiger partial charge on any atom is -0.394 e. The van der Waals surface area contributed by atoms with Crippen LogP contribution in [0.15, 0.2) is 6.20 Å². The van der Waals surface area contributed by atoms with E-state index in [0.717, 1.165) is 50.6 Å². The van der Waals surface area contributed by atoms with Crippen molar-refractivity contribution >= 4 is 11.9 Å². The predicted molar refractivity (Wildman–Crippen MR) is 113 cm³/mol. The van der Waals surface area contributed by atoms with Gasteiger partial charge in [-0.2, -0.15) is 0 Å². The molecule has 1 aromatic rings. The standard InChI is InChI=1S/C23H32N4O4/c28-12-17-11-27(3-4-31-17)22-24-10-18(20(26-22)14-1-2-14)21(29)25-19-15-5-13-6-16(19)9-23(30,7-13)8-15/h10,13-17,19,28,30H,1-9,11-12H2,(H,25,29). The average molecular weight is 429 g/mol. The maximum atomic E-state index is 13.3. The Labute approximate surface area is 182 Å². The predicted octanol–water partition coefficient (Wildman–Crippen LogP) is 1.22. The molecule has 1 aromatic heterocycles. The van der Waals surface area contributed by atoms with Gasteiger partial charge in [-0.25, -0.2) is 9.97 Å². The van der Waals surface area contributed by atoms with E-state index in [1.165, 1.54) is 0 Å². The highest BCUT2D eigenvalue weighted by molar-refractivity contribution is 5.95. The van der Waals surface area contributed by atoms with Crippen molar-refractivity contribution in [1.29, 1.82) is 0 Å². The molecule has 31 heavy (non-hydrogen) atoms. The van der Waals surface area contributed by atoms with Crippen molar-refractivity contribution in [2.45, 2.75) is 68.6 Å². The molecule has 6 aliphatic rings. The van der Waals surface area contributed by atoms with Crippen molar-refractivity contribution in [1.82, 2.24) is 15.3 Å². The third-order valence-electron chi connectivity index (χ3n) is 8.18. The van der Waals surface area contributed by atoms with Gasteiger partial charge in [0, 0.05) is 31.2 Å². The number of nitrogens with one attached hydrogen (secondary N) is 1. The number of carbonyl (C=O) groups is 1. The summed E-state index contributed by atoms with van der Waals surface area (Å²) < 4.78 is 5.54. The second-order valence-corrected chi connectivity index (χ2v) is 10.6. The van der Waals surface area contributed by atoms with Gasteiger partial charge < -0.3 is 25.2 Å². The summed E-state index contributed by atoms with van der Waals surface area (Å²) in [4.78, 5) is 24.7. The van der Waals surface area contributed by atoms with Gasteiger partial charge in [0.15, 0.2) is 0 Å². The van der Waals surface area contributed by atoms with E-state index >= 15 is 0 Å². The van der Waals surface area contributed by atoms with Crippen LogP contribution in [0.1, 0.15) is 66.9 Å². The zero-order valence-electron chi connectivity index (χ0n) is 17.9. The topological polar surface area (TPSA) is 108 Å². The molecule has 5 saturated carbocycles. The van der Waals surface area contributed by atoms with Crippen molar-refractivity contribution in [2.75, 3.05) is 31.2 Å². The van der Waals surface area contributed by atoms with Crippen LogP contribution in [0.4, 0.5) is 5.95 Å². The summed E-state index contributed by atoms with van der Waals surface area (Å²) in [5.74, 6) is 2.28. The maximum Gasteiger partial charge on any atom is 0.254 e. The number of ether oxygens (including phenoxy) is 1. The van der Waals surface area contributed by atoms with Crippen LogP contribution < -0.4 is 10.2 Å². The summed E-state index contributed by atoms with van der Waals surface area (Å²) in [6.07, 6.45) is 8.41. The quantitative estimate of drug-likeness (QED) is 0.647. The first-order valence-electron chi connectivity index (χ1n) is 11.9. The number of aliphatic hydroxyl groups is 2. The van der Waals surface area contributed by atoms with Gasteiger partial charge in [0.25, 0.3) is 5.91 Å². The largest absolute Gasteiger partial charge is 0.394 e. The molecule has 3 unspecified atom stereocenters. The van der Waals surface area contributed by atoms with E-state index in [2.05, 4.69) is 10.3 Å². The molecule has 0 aromatic carbocycles. The fourth-order valence-electron chi connectivity index (χ4n) is 6.84. The highest BCUT2D eigenvalue weighted by atomic mass is 16.5. The Balaban J connectivity index is 1.21. The van der Waals surface area contributed by atoms with E-state index in [9.17, 15) is 15.0 Å². The molecule has 8 nitrogen and oxygen atoms in total. The summed E-state index contributed by atoms with van der Waals surface area (Å²) in [5.41, 5.74) is 0.967. The van der Waals surface area contributed by atoms with Gasteiger partial charge >= 0.3 is 0 Å². The summed E-state index contributed by atoms with van der Waals surface area (Å²) >= 11 is 0. The van der Waals surface area contributed by atoms with Crippen LogP contribution in [0.3, 0.4) is 0 Å². The Kier molecular flexibility index (Phi) is 4.74. The van der Waals surface area contributed by atoms with Gasteiger partial charge in [0.05, 0.1) is 36.2 Å². The lowest BCUT2D eigenvalue weighted by Gasteiger charge is -2.58. The minimum absolute atomic E-state index is 0.0217. The smallest absolute Gasteiger partial charge is 0.254 e. The molecule has 1 aliphatic heterocycles. The van der Waals surface area contributed by atoms with Gasteiger partial charge in [-0.3, -0.25) is 4.79 Å². The molecule has 6 fully saturated rings. The van der Waals surface area contributed by atoms with E-state index in [4.69, 9.17) is 9.72 Å². The molecule has 8 heteroatoms. The zero-order chi connectivity index (χ0) is 21.2. The Hall–Kier alpha value is -1.77. The van der Waals surface area contributed by atoms with Gasteiger partial charge in [0.2, 0.25) is 5.95 Å². The van der Waals surface area contributed by atoms with E-state index in [1.54, 1.807) is 6.20 Å². The fraction of sp³-hybridized carbons (Fsp3) is 0.783. The van der Waals surface area contributed by atoms with Crippen molar-refractivity contribution in [3.8, 4) is 0 Å². The normalized spacial score (nSPS) is 39.0. The average Bonchev–Trinajstić information content (AvgIpc) is 3.60. The molecule has 168 valence electrons. The van der Waals surface area contributed by atoms with Gasteiger partial charge in [-0.1, -0.05) is 0 Å². The third-order valence-corrected chi connectivity index (χ3v) is 8.18. The zero-order valence-corrected chi connectivity index (χ0v) is 17.9. The third kappa shape index (κ3) is 3.62. The maximum absolute atomic E-state index is 13.3. The van der Waals surface area contributed by atoms with Crippen molar-refractivity contribution in [2.24, 2.45) is 17.8 Å². The Bertz CT molecular complexity index is 859. The molecule has 2 heterocycles. The molecule has 3 atom stereocenters. The molecule has 7 rings (SSSR count). The number of carbonyl (C=O) groups excluding carboxylic acids is 1. The monoisotopic (exact) mass is 428 g/mol. The first-order chi connectivity index (χ1) is 15.0. The molecule has 3 N–H and O–H groups in total. The molecule has 1 saturated heterocycles. The molecule has 4 bridgehead atoms. The number of amides is 1. The number of aromatic nitrogens is 2. The molecule has 0 spiro atoms. The molecular weight excluding hydrogens is 396 g/mol. The lowest BCUT2D eigenvalue weighted by molar-refractivity contribution is -0.136.